The molecule has 1 aromatic heterocycles. The van der Waals surface area contributed by atoms with Crippen LogP contribution in [-0.2, 0) is 4.79 Å². The van der Waals surface area contributed by atoms with Crippen LogP contribution in [0.4, 0.5) is 21.8 Å². The zero-order valence-corrected chi connectivity index (χ0v) is 22.1. The number of carbonyl (C=O) groups excluding carboxylic acids is 1. The number of piperidine rings is 1. The van der Waals surface area contributed by atoms with Crippen molar-refractivity contribution in [2.45, 2.75) is 52.0 Å². The van der Waals surface area contributed by atoms with Gasteiger partial charge in [0.1, 0.15) is 16.7 Å². The topological polar surface area (TPSA) is 135 Å². The van der Waals surface area contributed by atoms with Crippen molar-refractivity contribution < 1.29 is 9.18 Å². The van der Waals surface area contributed by atoms with Crippen LogP contribution in [0.25, 0.3) is 0 Å². The van der Waals surface area contributed by atoms with Crippen molar-refractivity contribution in [3.63, 3.8) is 0 Å². The molecule has 0 unspecified atom stereocenters. The zero-order chi connectivity index (χ0) is 26.6. The van der Waals surface area contributed by atoms with Crippen molar-refractivity contribution >= 4 is 40.8 Å². The molecule has 0 spiro atoms. The van der Waals surface area contributed by atoms with Crippen molar-refractivity contribution in [2.75, 3.05) is 25.5 Å². The molecule has 0 aliphatic carbocycles. The second-order valence-electron chi connectivity index (χ2n) is 9.55. The number of amides is 1. The van der Waals surface area contributed by atoms with Crippen LogP contribution in [0.1, 0.15) is 50.7 Å². The fourth-order valence-corrected chi connectivity index (χ4v) is 4.27. The van der Waals surface area contributed by atoms with E-state index in [-0.39, 0.29) is 40.1 Å². The second-order valence-corrected chi connectivity index (χ2v) is 9.95. The van der Waals surface area contributed by atoms with Gasteiger partial charge in [0.25, 0.3) is 0 Å². The Bertz CT molecular complexity index is 1180. The van der Waals surface area contributed by atoms with E-state index in [1.165, 1.54) is 12.3 Å². The predicted molar refractivity (Wildman–Crippen MR) is 142 cm³/mol. The molecule has 1 aromatic carbocycles. The van der Waals surface area contributed by atoms with Crippen molar-refractivity contribution in [1.29, 1.82) is 0 Å². The van der Waals surface area contributed by atoms with Crippen LogP contribution in [0.3, 0.4) is 0 Å². The number of aryl methyl sites for hydroxylation is 1. The Labute approximate surface area is 216 Å². The number of allylic oxidation sites excluding steroid dienone is 1. The van der Waals surface area contributed by atoms with Crippen LogP contribution < -0.4 is 22.1 Å². The molecule has 2 heterocycles. The molecule has 6 N–H and O–H groups in total. The number of nitrogens with two attached hydrogens (primary N) is 2. The summed E-state index contributed by atoms with van der Waals surface area (Å²) < 4.78 is 15.1. The van der Waals surface area contributed by atoms with Crippen LogP contribution in [0.5, 0.6) is 0 Å². The number of likely N-dealkylation sites (N-methyl/N-ethyl adjacent to an activating group) is 1. The number of nitrogens with one attached hydrogen (secondary N) is 2. The van der Waals surface area contributed by atoms with Gasteiger partial charge in [-0.3, -0.25) is 4.79 Å². The molecule has 36 heavy (non-hydrogen) atoms. The Hall–Kier alpha value is -3.24. The van der Waals surface area contributed by atoms with Crippen LogP contribution >= 0.6 is 11.6 Å². The number of anilines is 2. The van der Waals surface area contributed by atoms with Crippen molar-refractivity contribution in [3.05, 3.63) is 52.1 Å². The predicted octanol–water partition coefficient (Wildman–Crippen LogP) is 3.88. The fourth-order valence-electron chi connectivity index (χ4n) is 4.13. The van der Waals surface area contributed by atoms with Crippen LogP contribution in [0, 0.1) is 12.7 Å². The Morgan fingerprint density at radius 2 is 1.97 bits per heavy atom. The van der Waals surface area contributed by atoms with Gasteiger partial charge in [-0.1, -0.05) is 11.6 Å². The van der Waals surface area contributed by atoms with E-state index >= 15 is 4.39 Å². The SMILES string of the molecule is CNC(C)(C)C(=O)N1CCC(c2cc(F)c(Nc3ncc(Cl)c(N=C(N)/C=C(/C)N)n3)cc2C)CC1. The monoisotopic (exact) mass is 516 g/mol. The lowest BCUT2D eigenvalue weighted by atomic mass is 9.86. The van der Waals surface area contributed by atoms with Crippen LogP contribution in [0.15, 0.2) is 35.1 Å². The average molecular weight is 517 g/mol. The summed E-state index contributed by atoms with van der Waals surface area (Å²) >= 11 is 6.14. The Balaban J connectivity index is 1.75. The van der Waals surface area contributed by atoms with E-state index in [0.717, 1.165) is 24.0 Å². The van der Waals surface area contributed by atoms with Gasteiger partial charge in [-0.2, -0.15) is 4.98 Å². The summed E-state index contributed by atoms with van der Waals surface area (Å²) in [4.78, 5) is 27.1. The maximum absolute atomic E-state index is 15.1. The minimum Gasteiger partial charge on any atom is -0.402 e. The molecule has 0 saturated carbocycles. The van der Waals surface area contributed by atoms with Gasteiger partial charge in [-0.15, -0.1) is 0 Å². The molecule has 194 valence electrons. The number of amidine groups is 1. The lowest BCUT2D eigenvalue weighted by Crippen LogP contribution is -2.54. The number of aliphatic imine (C=N–C) groups is 1. The molecule has 1 saturated heterocycles. The molecule has 3 rings (SSSR count). The standard InChI is InChI=1S/C25H34ClFN8O/c1-14-10-20(32-24-31-13-18(26)22(34-24)33-21(29)11-15(2)28)19(27)12-17(14)16-6-8-35(9-7-16)23(36)25(3,4)30-5/h10-13,16,30H,6-9,28H2,1-5H3,(H3,29,31,32,33,34)/b15-11-. The molecular formula is C25H34ClFN8O. The number of benzene rings is 1. The van der Waals surface area contributed by atoms with Gasteiger partial charge < -0.3 is 27.0 Å². The molecule has 11 heteroatoms. The highest BCUT2D eigenvalue weighted by atomic mass is 35.5. The summed E-state index contributed by atoms with van der Waals surface area (Å²) in [6.07, 6.45) is 4.40. The summed E-state index contributed by atoms with van der Waals surface area (Å²) in [6, 6.07) is 3.29. The first kappa shape index (κ1) is 27.3. The second kappa shape index (κ2) is 11.2. The molecule has 1 amide bonds. The molecule has 0 bridgehead atoms. The molecule has 2 aromatic rings. The highest BCUT2D eigenvalue weighted by molar-refractivity contribution is 6.32. The van der Waals surface area contributed by atoms with E-state index in [4.69, 9.17) is 23.1 Å². The van der Waals surface area contributed by atoms with E-state index in [0.29, 0.717) is 18.8 Å². The van der Waals surface area contributed by atoms with Crippen molar-refractivity contribution in [1.82, 2.24) is 20.2 Å². The number of likely N-dealkylation sites (tertiary alicyclic amines) is 1. The number of halogens is 2. The van der Waals surface area contributed by atoms with Gasteiger partial charge in [0, 0.05) is 18.8 Å². The molecular weight excluding hydrogens is 483 g/mol. The van der Waals surface area contributed by atoms with Gasteiger partial charge in [0.05, 0.1) is 17.4 Å². The normalized spacial score (nSPS) is 15.8. The van der Waals surface area contributed by atoms with E-state index in [2.05, 4.69) is 25.6 Å². The number of nitrogens with zero attached hydrogens (tertiary/aromatic N) is 4. The van der Waals surface area contributed by atoms with E-state index in [9.17, 15) is 4.79 Å². The maximum Gasteiger partial charge on any atom is 0.242 e. The number of carbonyl (C=O) groups is 1. The highest BCUT2D eigenvalue weighted by Crippen LogP contribution is 2.34. The molecule has 0 atom stereocenters. The van der Waals surface area contributed by atoms with Crippen LogP contribution in [0.2, 0.25) is 5.02 Å². The molecule has 1 aliphatic heterocycles. The van der Waals surface area contributed by atoms with E-state index in [1.807, 2.05) is 25.7 Å². The maximum atomic E-state index is 15.1. The Kier molecular flexibility index (Phi) is 8.52. The molecule has 0 radical (unpaired) electrons. The number of aromatic nitrogens is 2. The Morgan fingerprint density at radius 1 is 1.31 bits per heavy atom. The van der Waals surface area contributed by atoms with E-state index in [1.54, 1.807) is 26.1 Å². The first-order valence-electron chi connectivity index (χ1n) is 11.8. The molecule has 9 nitrogen and oxygen atoms in total. The third-order valence-corrected chi connectivity index (χ3v) is 6.59. The van der Waals surface area contributed by atoms with Crippen molar-refractivity contribution in [2.24, 2.45) is 16.5 Å². The quantitative estimate of drug-likeness (QED) is 0.324. The summed E-state index contributed by atoms with van der Waals surface area (Å²) in [7, 11) is 1.78. The van der Waals surface area contributed by atoms with Crippen molar-refractivity contribution in [3.8, 4) is 0 Å². The zero-order valence-electron chi connectivity index (χ0n) is 21.3. The smallest absolute Gasteiger partial charge is 0.242 e. The molecule has 1 aliphatic rings. The summed E-state index contributed by atoms with van der Waals surface area (Å²) in [5, 5.41) is 6.16. The number of hydrogen-bond acceptors (Lipinski definition) is 7. The third-order valence-electron chi connectivity index (χ3n) is 6.32. The van der Waals surface area contributed by atoms with Gasteiger partial charge in [0.2, 0.25) is 11.9 Å². The van der Waals surface area contributed by atoms with Crippen LogP contribution in [-0.4, -0.2) is 52.3 Å². The minimum atomic E-state index is -0.608. The first-order chi connectivity index (χ1) is 16.9. The first-order valence-corrected chi connectivity index (χ1v) is 12.1. The highest BCUT2D eigenvalue weighted by Gasteiger charge is 2.33. The summed E-state index contributed by atoms with van der Waals surface area (Å²) in [5.41, 5.74) is 13.4. The lowest BCUT2D eigenvalue weighted by molar-refractivity contribution is -0.138. The van der Waals surface area contributed by atoms with Gasteiger partial charge in [-0.25, -0.2) is 14.4 Å². The lowest BCUT2D eigenvalue weighted by Gasteiger charge is -2.37. The Morgan fingerprint density at radius 3 is 2.58 bits per heavy atom. The number of hydrogen-bond donors (Lipinski definition) is 4. The van der Waals surface area contributed by atoms with Gasteiger partial charge in [0.15, 0.2) is 5.82 Å². The largest absolute Gasteiger partial charge is 0.402 e. The summed E-state index contributed by atoms with van der Waals surface area (Å²) in [5.74, 6) is 0.231. The average Bonchev–Trinajstić information content (AvgIpc) is 2.82. The minimum absolute atomic E-state index is 0.0773. The summed E-state index contributed by atoms with van der Waals surface area (Å²) in [6.45, 7) is 8.65. The molecule has 1 fully saturated rings. The third kappa shape index (κ3) is 6.50. The number of rotatable bonds is 7. The van der Waals surface area contributed by atoms with Gasteiger partial charge >= 0.3 is 0 Å². The van der Waals surface area contributed by atoms with Gasteiger partial charge in [-0.05, 0) is 82.8 Å². The fraction of sp³-hybridized carbons (Fsp3) is 0.440. The van der Waals surface area contributed by atoms with E-state index < -0.39 is 11.4 Å².